The van der Waals surface area contributed by atoms with Gasteiger partial charge in [-0.3, -0.25) is 14.5 Å². The molecule has 4 nitrogen and oxygen atoms in total. The molecule has 2 aliphatic rings. The summed E-state index contributed by atoms with van der Waals surface area (Å²) in [5.74, 6) is 2.59. The van der Waals surface area contributed by atoms with Gasteiger partial charge in [-0.2, -0.15) is 0 Å². The van der Waals surface area contributed by atoms with Gasteiger partial charge >= 0.3 is 0 Å². The summed E-state index contributed by atoms with van der Waals surface area (Å²) in [6.45, 7) is 0.125. The first kappa shape index (κ1) is 17.0. The van der Waals surface area contributed by atoms with Crippen molar-refractivity contribution in [3.63, 3.8) is 0 Å². The summed E-state index contributed by atoms with van der Waals surface area (Å²) < 4.78 is 0. The van der Waals surface area contributed by atoms with Gasteiger partial charge in [0.15, 0.2) is 0 Å². The third kappa shape index (κ3) is 2.41. The molecule has 2 amide bonds. The van der Waals surface area contributed by atoms with Crippen molar-refractivity contribution in [3.8, 4) is 12.3 Å². The van der Waals surface area contributed by atoms with Crippen LogP contribution in [-0.4, -0.2) is 35.6 Å². The van der Waals surface area contributed by atoms with Crippen molar-refractivity contribution in [1.29, 1.82) is 0 Å². The maximum atomic E-state index is 12.9. The number of carbonyl (C=O) groups is 2. The number of fused-ring (bicyclic) bond motifs is 3. The first-order valence-corrected chi connectivity index (χ1v) is 9.48. The molecule has 2 aromatic carbocycles. The monoisotopic (exact) mass is 382 g/mol. The average molecular weight is 383 g/mol. The van der Waals surface area contributed by atoms with E-state index in [1.807, 2.05) is 42.5 Å². The molecule has 0 bridgehead atoms. The zero-order chi connectivity index (χ0) is 18.3. The van der Waals surface area contributed by atoms with Crippen molar-refractivity contribution in [2.45, 2.75) is 4.87 Å². The van der Waals surface area contributed by atoms with Crippen LogP contribution < -0.4 is 4.90 Å². The van der Waals surface area contributed by atoms with Gasteiger partial charge in [-0.15, -0.1) is 18.2 Å². The average Bonchev–Trinajstić information content (AvgIpc) is 2.93. The van der Waals surface area contributed by atoms with E-state index in [1.54, 1.807) is 15.9 Å². The summed E-state index contributed by atoms with van der Waals surface area (Å²) in [6, 6.07) is 15.1. The molecule has 1 fully saturated rings. The highest BCUT2D eigenvalue weighted by Crippen LogP contribution is 2.54. The molecule has 1 saturated heterocycles. The van der Waals surface area contributed by atoms with Crippen molar-refractivity contribution in [1.82, 2.24) is 4.90 Å². The van der Waals surface area contributed by atoms with Crippen LogP contribution in [0.4, 0.5) is 5.69 Å². The van der Waals surface area contributed by atoms with E-state index in [0.29, 0.717) is 16.5 Å². The van der Waals surface area contributed by atoms with Crippen LogP contribution in [0, 0.1) is 12.3 Å². The van der Waals surface area contributed by atoms with Gasteiger partial charge in [-0.05, 0) is 23.8 Å². The Balaban J connectivity index is 2.05. The molecule has 0 radical (unpaired) electrons. The third-order valence-corrected chi connectivity index (χ3v) is 6.43. The zero-order valence-corrected chi connectivity index (χ0v) is 15.4. The molecule has 1 atom stereocenters. The number of halogens is 1. The summed E-state index contributed by atoms with van der Waals surface area (Å²) in [5, 5.41) is 0.550. The Bertz CT molecular complexity index is 941. The summed E-state index contributed by atoms with van der Waals surface area (Å²) in [7, 11) is 0. The fourth-order valence-corrected chi connectivity index (χ4v) is 5.22. The van der Waals surface area contributed by atoms with E-state index in [1.165, 1.54) is 11.8 Å². The van der Waals surface area contributed by atoms with E-state index < -0.39 is 4.87 Å². The molecule has 0 saturated carbocycles. The predicted octanol–water partition coefficient (Wildman–Crippen LogP) is 3.10. The molecular weight excluding hydrogens is 368 g/mol. The highest BCUT2D eigenvalue weighted by Gasteiger charge is 2.53. The Hall–Kier alpha value is -2.42. The molecule has 0 N–H and O–H groups in total. The summed E-state index contributed by atoms with van der Waals surface area (Å²) >= 11 is 7.82. The number of rotatable bonds is 2. The summed E-state index contributed by atoms with van der Waals surface area (Å²) in [4.78, 5) is 28.0. The molecule has 130 valence electrons. The predicted molar refractivity (Wildman–Crippen MR) is 104 cm³/mol. The molecule has 1 unspecified atom stereocenters. The van der Waals surface area contributed by atoms with E-state index >= 15 is 0 Å². The fraction of sp³-hybridized carbons (Fsp3) is 0.200. The standard InChI is InChI=1S/C20H15ClN2O2S/c1-2-10-22-17-9-8-15(21)11-16(17)20(14-6-4-3-5-7-14)23(12-18(22)24)19(25)13-26-20/h1,3-9,11H,10,12-13H2. The minimum Gasteiger partial charge on any atom is -0.310 e. The van der Waals surface area contributed by atoms with Crippen LogP contribution in [0.25, 0.3) is 0 Å². The van der Waals surface area contributed by atoms with Gasteiger partial charge in [0, 0.05) is 10.6 Å². The molecule has 26 heavy (non-hydrogen) atoms. The number of carbonyl (C=O) groups excluding carboxylic acids is 2. The Kier molecular flexibility index (Phi) is 4.18. The largest absolute Gasteiger partial charge is 0.310 e. The van der Waals surface area contributed by atoms with Gasteiger partial charge in [0.25, 0.3) is 0 Å². The zero-order valence-electron chi connectivity index (χ0n) is 13.8. The number of benzene rings is 2. The minimum atomic E-state index is -0.794. The molecule has 0 spiro atoms. The van der Waals surface area contributed by atoms with Gasteiger partial charge < -0.3 is 4.90 Å². The van der Waals surface area contributed by atoms with Crippen LogP contribution >= 0.6 is 23.4 Å². The number of thioether (sulfide) groups is 1. The van der Waals surface area contributed by atoms with Crippen LogP contribution in [-0.2, 0) is 14.5 Å². The Morgan fingerprint density at radius 3 is 2.65 bits per heavy atom. The van der Waals surface area contributed by atoms with Gasteiger partial charge in [0.05, 0.1) is 18.0 Å². The maximum Gasteiger partial charge on any atom is 0.247 e. The lowest BCUT2D eigenvalue weighted by Crippen LogP contribution is -2.45. The smallest absolute Gasteiger partial charge is 0.247 e. The highest BCUT2D eigenvalue weighted by atomic mass is 35.5. The molecule has 6 heteroatoms. The van der Waals surface area contributed by atoms with Gasteiger partial charge in [-0.1, -0.05) is 47.9 Å². The van der Waals surface area contributed by atoms with Crippen molar-refractivity contribution in [2.24, 2.45) is 0 Å². The van der Waals surface area contributed by atoms with Crippen LogP contribution in [0.15, 0.2) is 48.5 Å². The lowest BCUT2D eigenvalue weighted by molar-refractivity contribution is -0.134. The molecule has 4 rings (SSSR count). The second-order valence-electron chi connectivity index (χ2n) is 6.12. The summed E-state index contributed by atoms with van der Waals surface area (Å²) in [5.41, 5.74) is 2.45. The van der Waals surface area contributed by atoms with Crippen LogP contribution in [0.5, 0.6) is 0 Å². The van der Waals surface area contributed by atoms with Crippen molar-refractivity contribution < 1.29 is 9.59 Å². The first-order chi connectivity index (χ1) is 12.6. The first-order valence-electron chi connectivity index (χ1n) is 8.11. The Labute approximate surface area is 161 Å². The van der Waals surface area contributed by atoms with E-state index in [4.69, 9.17) is 18.0 Å². The van der Waals surface area contributed by atoms with Crippen molar-refractivity contribution in [2.75, 3.05) is 23.7 Å². The molecule has 0 aliphatic carbocycles. The van der Waals surface area contributed by atoms with Gasteiger partial charge in [-0.25, -0.2) is 0 Å². The summed E-state index contributed by atoms with van der Waals surface area (Å²) in [6.07, 6.45) is 5.49. The molecule has 2 heterocycles. The number of anilines is 1. The minimum absolute atomic E-state index is 0.0191. The van der Waals surface area contributed by atoms with Gasteiger partial charge in [0.2, 0.25) is 11.8 Å². The fourth-order valence-electron chi connectivity index (χ4n) is 3.61. The lowest BCUT2D eigenvalue weighted by atomic mass is 9.94. The quantitative estimate of drug-likeness (QED) is 0.749. The van der Waals surface area contributed by atoms with Crippen molar-refractivity contribution in [3.05, 3.63) is 64.7 Å². The number of nitrogens with zero attached hydrogens (tertiary/aromatic N) is 2. The molecular formula is C20H15ClN2O2S. The van der Waals surface area contributed by atoms with E-state index in [9.17, 15) is 9.59 Å². The van der Waals surface area contributed by atoms with E-state index in [2.05, 4.69) is 5.92 Å². The number of amides is 2. The SMILES string of the molecule is C#CCN1C(=O)CN2C(=O)CSC2(c2ccccc2)c2cc(Cl)ccc21. The normalized spacial score (nSPS) is 21.8. The number of hydrogen-bond acceptors (Lipinski definition) is 3. The second-order valence-corrected chi connectivity index (χ2v) is 7.73. The second kappa shape index (κ2) is 6.39. The van der Waals surface area contributed by atoms with Crippen LogP contribution in [0.2, 0.25) is 5.02 Å². The van der Waals surface area contributed by atoms with E-state index in [-0.39, 0.29) is 24.9 Å². The molecule has 2 aromatic rings. The van der Waals surface area contributed by atoms with Gasteiger partial charge in [0.1, 0.15) is 11.4 Å². The van der Waals surface area contributed by atoms with Crippen LogP contribution in [0.3, 0.4) is 0 Å². The topological polar surface area (TPSA) is 40.6 Å². The third-order valence-electron chi connectivity index (χ3n) is 4.71. The van der Waals surface area contributed by atoms with Crippen LogP contribution in [0.1, 0.15) is 11.1 Å². The highest BCUT2D eigenvalue weighted by molar-refractivity contribution is 8.01. The Morgan fingerprint density at radius 1 is 1.15 bits per heavy atom. The number of hydrogen-bond donors (Lipinski definition) is 0. The van der Waals surface area contributed by atoms with E-state index in [0.717, 1.165) is 11.1 Å². The lowest BCUT2D eigenvalue weighted by Gasteiger charge is -2.37. The number of terminal acetylenes is 1. The molecule has 0 aromatic heterocycles. The maximum absolute atomic E-state index is 12.9. The molecule has 2 aliphatic heterocycles. The Morgan fingerprint density at radius 2 is 1.92 bits per heavy atom. The van der Waals surface area contributed by atoms with Crippen molar-refractivity contribution >= 4 is 40.9 Å².